The Morgan fingerprint density at radius 1 is 1.04 bits per heavy atom. The fourth-order valence-corrected chi connectivity index (χ4v) is 2.62. The van der Waals surface area contributed by atoms with Gasteiger partial charge in [-0.05, 0) is 37.3 Å². The summed E-state index contributed by atoms with van der Waals surface area (Å²) >= 11 is 0. The average Bonchev–Trinajstić information content (AvgIpc) is 3.09. The summed E-state index contributed by atoms with van der Waals surface area (Å²) < 4.78 is 45.3. The van der Waals surface area contributed by atoms with Crippen LogP contribution in [0.3, 0.4) is 0 Å². The zero-order valence-corrected chi connectivity index (χ0v) is 14.0. The summed E-state index contributed by atoms with van der Waals surface area (Å²) in [4.78, 5) is 12.0. The highest BCUT2D eigenvalue weighted by Gasteiger charge is 2.32. The van der Waals surface area contributed by atoms with Crippen molar-refractivity contribution in [3.63, 3.8) is 0 Å². The minimum atomic E-state index is -4.51. The fraction of sp³-hybridized carbons (Fsp3) is 0.111. The molecule has 0 aliphatic rings. The van der Waals surface area contributed by atoms with Gasteiger partial charge in [-0.1, -0.05) is 0 Å². The number of pyridine rings is 2. The number of alkyl halides is 3. The number of ether oxygens (including phenoxy) is 1. The Balaban J connectivity index is 1.75. The van der Waals surface area contributed by atoms with Gasteiger partial charge in [0.25, 0.3) is 0 Å². The molecule has 4 aromatic rings. The Morgan fingerprint density at radius 2 is 1.89 bits per heavy atom. The summed E-state index contributed by atoms with van der Waals surface area (Å²) in [6.07, 6.45) is -0.329. The molecule has 0 amide bonds. The van der Waals surface area contributed by atoms with E-state index in [9.17, 15) is 13.2 Å². The van der Waals surface area contributed by atoms with E-state index in [2.05, 4.69) is 20.1 Å². The van der Waals surface area contributed by atoms with Crippen LogP contribution in [0.5, 0.6) is 11.6 Å². The van der Waals surface area contributed by atoms with Crippen molar-refractivity contribution in [2.75, 3.05) is 0 Å². The molecule has 0 saturated heterocycles. The number of rotatable bonds is 3. The van der Waals surface area contributed by atoms with Crippen LogP contribution in [-0.4, -0.2) is 24.6 Å². The van der Waals surface area contributed by atoms with Crippen LogP contribution < -0.4 is 4.74 Å². The molecule has 0 unspecified atom stereocenters. The van der Waals surface area contributed by atoms with Gasteiger partial charge in [0.2, 0.25) is 5.88 Å². The lowest BCUT2D eigenvalue weighted by molar-refractivity contribution is -0.141. The minimum Gasteiger partial charge on any atom is -0.437 e. The fourth-order valence-electron chi connectivity index (χ4n) is 2.62. The molecule has 4 rings (SSSR count). The molecule has 4 heterocycles. The lowest BCUT2D eigenvalue weighted by Gasteiger charge is -2.12. The second kappa shape index (κ2) is 6.35. The number of fused-ring (bicyclic) bond motifs is 1. The van der Waals surface area contributed by atoms with E-state index in [4.69, 9.17) is 4.74 Å². The van der Waals surface area contributed by atoms with Crippen molar-refractivity contribution < 1.29 is 17.9 Å². The zero-order valence-electron chi connectivity index (χ0n) is 14.0. The molecule has 0 aromatic carbocycles. The molecule has 136 valence electrons. The van der Waals surface area contributed by atoms with E-state index in [1.165, 1.54) is 12.3 Å². The van der Waals surface area contributed by atoms with Gasteiger partial charge in [-0.3, -0.25) is 0 Å². The molecular weight excluding hydrogens is 359 g/mol. The van der Waals surface area contributed by atoms with Crippen LogP contribution in [0.1, 0.15) is 11.4 Å². The van der Waals surface area contributed by atoms with Gasteiger partial charge in [-0.25, -0.2) is 19.5 Å². The molecule has 0 radical (unpaired) electrons. The molecule has 0 bridgehead atoms. The molecule has 0 spiro atoms. The number of hydrogen-bond acceptors (Lipinski definition) is 5. The summed E-state index contributed by atoms with van der Waals surface area (Å²) in [5.74, 6) is 0.367. The molecule has 0 aliphatic heterocycles. The third kappa shape index (κ3) is 3.31. The van der Waals surface area contributed by atoms with Gasteiger partial charge >= 0.3 is 6.18 Å². The maximum absolute atomic E-state index is 12.7. The maximum atomic E-state index is 12.7. The third-order valence-electron chi connectivity index (χ3n) is 3.78. The zero-order chi connectivity index (χ0) is 19.0. The van der Waals surface area contributed by atoms with Gasteiger partial charge in [0.05, 0.1) is 23.7 Å². The second-order valence-corrected chi connectivity index (χ2v) is 5.72. The highest BCUT2D eigenvalue weighted by molar-refractivity contribution is 5.68. The number of aryl methyl sites for hydroxylation is 1. The van der Waals surface area contributed by atoms with Crippen LogP contribution in [0.2, 0.25) is 0 Å². The van der Waals surface area contributed by atoms with Crippen LogP contribution in [0.15, 0.2) is 55.0 Å². The van der Waals surface area contributed by atoms with Crippen molar-refractivity contribution in [1.29, 1.82) is 0 Å². The first kappa shape index (κ1) is 17.0. The molecule has 0 N–H and O–H groups in total. The summed E-state index contributed by atoms with van der Waals surface area (Å²) in [7, 11) is 0. The molecule has 0 fully saturated rings. The van der Waals surface area contributed by atoms with E-state index < -0.39 is 11.9 Å². The topological polar surface area (TPSA) is 65.2 Å². The van der Waals surface area contributed by atoms with Crippen LogP contribution in [-0.2, 0) is 6.18 Å². The first-order valence-electron chi connectivity index (χ1n) is 7.90. The van der Waals surface area contributed by atoms with Gasteiger partial charge in [-0.2, -0.15) is 18.3 Å². The van der Waals surface area contributed by atoms with E-state index in [-0.39, 0.29) is 11.6 Å². The molecule has 0 saturated carbocycles. The van der Waals surface area contributed by atoms with Crippen molar-refractivity contribution in [3.8, 4) is 22.9 Å². The quantitative estimate of drug-likeness (QED) is 0.537. The summed E-state index contributed by atoms with van der Waals surface area (Å²) in [6, 6.07) is 9.19. The molecule has 0 aliphatic carbocycles. The normalized spacial score (nSPS) is 11.7. The molecule has 4 aromatic heterocycles. The highest BCUT2D eigenvalue weighted by Crippen LogP contribution is 2.33. The van der Waals surface area contributed by atoms with Crippen molar-refractivity contribution >= 4 is 5.65 Å². The predicted octanol–water partition coefficient (Wildman–Crippen LogP) is 4.31. The SMILES string of the molecule is Cc1cc(-c2cccnc2Oc2ccc(C(F)(F)F)nc2)n2nccc2n1. The van der Waals surface area contributed by atoms with E-state index >= 15 is 0 Å². The number of aromatic nitrogens is 5. The largest absolute Gasteiger partial charge is 0.437 e. The van der Waals surface area contributed by atoms with Crippen LogP contribution in [0, 0.1) is 6.92 Å². The first-order valence-corrected chi connectivity index (χ1v) is 7.90. The minimum absolute atomic E-state index is 0.144. The van der Waals surface area contributed by atoms with Crippen molar-refractivity contribution in [2.45, 2.75) is 13.1 Å². The van der Waals surface area contributed by atoms with Crippen molar-refractivity contribution in [1.82, 2.24) is 24.6 Å². The van der Waals surface area contributed by atoms with Crippen molar-refractivity contribution in [3.05, 3.63) is 66.4 Å². The third-order valence-corrected chi connectivity index (χ3v) is 3.78. The number of nitrogens with zero attached hydrogens (tertiary/aromatic N) is 5. The lowest BCUT2D eigenvalue weighted by atomic mass is 10.1. The van der Waals surface area contributed by atoms with Gasteiger partial charge in [0, 0.05) is 18.0 Å². The first-order chi connectivity index (χ1) is 12.9. The molecule has 27 heavy (non-hydrogen) atoms. The Hall–Kier alpha value is -3.49. The molecule has 6 nitrogen and oxygen atoms in total. The van der Waals surface area contributed by atoms with E-state index in [1.807, 2.05) is 13.0 Å². The molecular formula is C18H12F3N5O. The maximum Gasteiger partial charge on any atom is 0.433 e. The Bertz CT molecular complexity index is 1110. The predicted molar refractivity (Wildman–Crippen MR) is 90.3 cm³/mol. The Kier molecular flexibility index (Phi) is 3.98. The van der Waals surface area contributed by atoms with Crippen LogP contribution >= 0.6 is 0 Å². The van der Waals surface area contributed by atoms with Crippen LogP contribution in [0.25, 0.3) is 16.9 Å². The summed E-state index contributed by atoms with van der Waals surface area (Å²) in [6.45, 7) is 1.85. The monoisotopic (exact) mass is 371 g/mol. The van der Waals surface area contributed by atoms with Gasteiger partial charge in [-0.15, -0.1) is 0 Å². The number of hydrogen-bond donors (Lipinski definition) is 0. The van der Waals surface area contributed by atoms with Gasteiger partial charge in [0.15, 0.2) is 5.65 Å². The van der Waals surface area contributed by atoms with E-state index in [0.29, 0.717) is 16.9 Å². The highest BCUT2D eigenvalue weighted by atomic mass is 19.4. The Labute approximate surface area is 151 Å². The summed E-state index contributed by atoms with van der Waals surface area (Å²) in [5.41, 5.74) is 1.78. The van der Waals surface area contributed by atoms with Gasteiger partial charge in [0.1, 0.15) is 11.4 Å². The van der Waals surface area contributed by atoms with Crippen molar-refractivity contribution in [2.24, 2.45) is 0 Å². The van der Waals surface area contributed by atoms with E-state index in [1.54, 1.807) is 28.9 Å². The molecule has 0 atom stereocenters. The Morgan fingerprint density at radius 3 is 2.63 bits per heavy atom. The molecule has 9 heteroatoms. The van der Waals surface area contributed by atoms with Gasteiger partial charge < -0.3 is 4.74 Å². The second-order valence-electron chi connectivity index (χ2n) is 5.72. The number of halogens is 3. The lowest BCUT2D eigenvalue weighted by Crippen LogP contribution is -2.07. The van der Waals surface area contributed by atoms with Crippen LogP contribution in [0.4, 0.5) is 13.2 Å². The average molecular weight is 371 g/mol. The summed E-state index contributed by atoms with van der Waals surface area (Å²) in [5, 5.41) is 4.26. The smallest absolute Gasteiger partial charge is 0.433 e. The van der Waals surface area contributed by atoms with E-state index in [0.717, 1.165) is 18.0 Å². The standard InChI is InChI=1S/C18H12F3N5O/c1-11-9-14(26-16(25-11)6-8-24-26)13-3-2-7-22-17(13)27-12-4-5-15(23-10-12)18(19,20)21/h2-10H,1H3.